The van der Waals surface area contributed by atoms with Gasteiger partial charge in [-0.15, -0.1) is 0 Å². The van der Waals surface area contributed by atoms with Crippen LogP contribution in [0, 0.1) is 12.8 Å². The van der Waals surface area contributed by atoms with Gasteiger partial charge in [-0.05, 0) is 68.3 Å². The van der Waals surface area contributed by atoms with Gasteiger partial charge in [0.05, 0.1) is 18.0 Å². The summed E-state index contributed by atoms with van der Waals surface area (Å²) in [6.07, 6.45) is 3.74. The molecule has 2 fully saturated rings. The van der Waals surface area contributed by atoms with E-state index in [-0.39, 0.29) is 35.9 Å². The van der Waals surface area contributed by atoms with Crippen LogP contribution in [0.4, 0.5) is 0 Å². The molecule has 0 unspecified atom stereocenters. The zero-order valence-corrected chi connectivity index (χ0v) is 18.4. The van der Waals surface area contributed by atoms with Crippen molar-refractivity contribution >= 4 is 11.8 Å². The van der Waals surface area contributed by atoms with Gasteiger partial charge in [-0.1, -0.05) is 42.5 Å². The van der Waals surface area contributed by atoms with Crippen molar-refractivity contribution in [2.24, 2.45) is 5.92 Å². The van der Waals surface area contributed by atoms with Crippen molar-refractivity contribution < 1.29 is 9.59 Å². The van der Waals surface area contributed by atoms with E-state index in [0.717, 1.165) is 61.0 Å². The van der Waals surface area contributed by atoms with Gasteiger partial charge in [-0.2, -0.15) is 0 Å². The Morgan fingerprint density at radius 3 is 2.81 bits per heavy atom. The highest BCUT2D eigenvalue weighted by Gasteiger charge is 2.46. The Bertz CT molecular complexity index is 1000. The van der Waals surface area contributed by atoms with Crippen LogP contribution in [-0.2, 0) is 11.2 Å². The number of rotatable bonds is 3. The minimum atomic E-state index is -0.0824. The first kappa shape index (κ1) is 20.3. The minimum Gasteiger partial charge on any atom is -0.346 e. The molecule has 0 spiro atoms. The van der Waals surface area contributed by atoms with Crippen LogP contribution in [-0.4, -0.2) is 35.8 Å². The normalized spacial score (nSPS) is 25.8. The Hall–Kier alpha value is -2.66. The molecule has 5 nitrogen and oxygen atoms in total. The lowest BCUT2D eigenvalue weighted by Crippen LogP contribution is -2.58. The molecule has 2 saturated heterocycles. The summed E-state index contributed by atoms with van der Waals surface area (Å²) in [5, 5.41) is 6.79. The third kappa shape index (κ3) is 3.55. The van der Waals surface area contributed by atoms with E-state index in [1.165, 1.54) is 5.56 Å². The summed E-state index contributed by atoms with van der Waals surface area (Å²) in [6.45, 7) is 5.76. The average Bonchev–Trinajstić information content (AvgIpc) is 2.79. The standard InChI is InChI=1S/C26H31N3O2/c1-16-10-11-19-12-14-29-22(15-21-20(26(29)31)9-6-13-27-21)24(19)23(16)25(30)28-17(2)18-7-4-3-5-8-18/h3-5,7-8,10-11,17,20-22,27H,6,9,12-15H2,1-2H3,(H,28,30)/t17-,20+,21+,22+/m1/s1. The van der Waals surface area contributed by atoms with Gasteiger partial charge in [-0.3, -0.25) is 9.59 Å². The maximum atomic E-state index is 13.5. The molecule has 2 aromatic rings. The molecule has 0 aromatic heterocycles. The number of hydrogen-bond donors (Lipinski definition) is 2. The molecule has 3 aliphatic heterocycles. The smallest absolute Gasteiger partial charge is 0.252 e. The maximum absolute atomic E-state index is 13.5. The quantitative estimate of drug-likeness (QED) is 0.801. The average molecular weight is 418 g/mol. The Kier molecular flexibility index (Phi) is 5.30. The van der Waals surface area contributed by atoms with Crippen molar-refractivity contribution in [3.05, 3.63) is 70.3 Å². The van der Waals surface area contributed by atoms with Crippen LogP contribution in [0.15, 0.2) is 42.5 Å². The highest BCUT2D eigenvalue weighted by Crippen LogP contribution is 2.43. The molecule has 162 valence electrons. The van der Waals surface area contributed by atoms with Crippen molar-refractivity contribution in [2.45, 2.75) is 57.7 Å². The molecule has 5 rings (SSSR count). The monoisotopic (exact) mass is 417 g/mol. The van der Waals surface area contributed by atoms with E-state index in [9.17, 15) is 9.59 Å². The van der Waals surface area contributed by atoms with Gasteiger partial charge in [0.25, 0.3) is 5.91 Å². The molecule has 0 radical (unpaired) electrons. The largest absolute Gasteiger partial charge is 0.346 e. The Morgan fingerprint density at radius 1 is 1.19 bits per heavy atom. The number of carbonyl (C=O) groups is 2. The fraction of sp³-hybridized carbons (Fsp3) is 0.462. The Morgan fingerprint density at radius 2 is 2.00 bits per heavy atom. The summed E-state index contributed by atoms with van der Waals surface area (Å²) < 4.78 is 0. The fourth-order valence-electron chi connectivity index (χ4n) is 5.78. The van der Waals surface area contributed by atoms with Crippen molar-refractivity contribution in [1.82, 2.24) is 15.5 Å². The zero-order chi connectivity index (χ0) is 21.5. The van der Waals surface area contributed by atoms with Gasteiger partial charge in [0.1, 0.15) is 0 Å². The summed E-state index contributed by atoms with van der Waals surface area (Å²) in [7, 11) is 0. The first-order chi connectivity index (χ1) is 15.0. The maximum Gasteiger partial charge on any atom is 0.252 e. The van der Waals surface area contributed by atoms with E-state index in [0.29, 0.717) is 0 Å². The molecule has 0 saturated carbocycles. The van der Waals surface area contributed by atoms with E-state index >= 15 is 0 Å². The van der Waals surface area contributed by atoms with Crippen LogP contribution < -0.4 is 10.6 Å². The third-order valence-electron chi connectivity index (χ3n) is 7.41. The molecule has 5 heteroatoms. The molecule has 2 aromatic carbocycles. The molecule has 0 bridgehead atoms. The molecular weight excluding hydrogens is 386 g/mol. The molecule has 2 N–H and O–H groups in total. The zero-order valence-electron chi connectivity index (χ0n) is 18.4. The molecule has 0 aliphatic carbocycles. The first-order valence-corrected chi connectivity index (χ1v) is 11.6. The van der Waals surface area contributed by atoms with Crippen LogP contribution in [0.3, 0.4) is 0 Å². The number of aryl methyl sites for hydroxylation is 1. The summed E-state index contributed by atoms with van der Waals surface area (Å²) >= 11 is 0. The fourth-order valence-corrected chi connectivity index (χ4v) is 5.78. The van der Waals surface area contributed by atoms with Gasteiger partial charge >= 0.3 is 0 Å². The van der Waals surface area contributed by atoms with Crippen LogP contribution in [0.2, 0.25) is 0 Å². The molecular formula is C26H31N3O2. The number of hydrogen-bond acceptors (Lipinski definition) is 3. The van der Waals surface area contributed by atoms with Gasteiger partial charge in [-0.25, -0.2) is 0 Å². The molecule has 31 heavy (non-hydrogen) atoms. The summed E-state index contributed by atoms with van der Waals surface area (Å²) in [6, 6.07) is 14.4. The number of fused-ring (bicyclic) bond motifs is 4. The number of piperidine rings is 2. The van der Waals surface area contributed by atoms with Crippen LogP contribution in [0.1, 0.15) is 70.9 Å². The Balaban J connectivity index is 1.49. The van der Waals surface area contributed by atoms with Crippen molar-refractivity contribution in [3.8, 4) is 0 Å². The number of benzene rings is 2. The van der Waals surface area contributed by atoms with Gasteiger partial charge in [0.2, 0.25) is 5.91 Å². The summed E-state index contributed by atoms with van der Waals surface area (Å²) in [4.78, 5) is 28.9. The van der Waals surface area contributed by atoms with E-state index < -0.39 is 0 Å². The highest BCUT2D eigenvalue weighted by atomic mass is 16.2. The second kappa shape index (κ2) is 8.12. The lowest BCUT2D eigenvalue weighted by Gasteiger charge is -2.49. The van der Waals surface area contributed by atoms with Crippen LogP contribution in [0.5, 0.6) is 0 Å². The van der Waals surface area contributed by atoms with Crippen LogP contribution in [0.25, 0.3) is 0 Å². The van der Waals surface area contributed by atoms with Crippen molar-refractivity contribution in [2.75, 3.05) is 13.1 Å². The molecule has 4 atom stereocenters. The third-order valence-corrected chi connectivity index (χ3v) is 7.41. The van der Waals surface area contributed by atoms with Gasteiger partial charge < -0.3 is 15.5 Å². The minimum absolute atomic E-state index is 0.0178. The summed E-state index contributed by atoms with van der Waals surface area (Å²) in [5.41, 5.74) is 5.11. The summed E-state index contributed by atoms with van der Waals surface area (Å²) in [5.74, 6) is 0.315. The van der Waals surface area contributed by atoms with E-state index in [1.54, 1.807) is 0 Å². The predicted molar refractivity (Wildman–Crippen MR) is 121 cm³/mol. The number of amides is 2. The Labute approximate surface area is 184 Å². The van der Waals surface area contributed by atoms with Gasteiger partial charge in [0.15, 0.2) is 0 Å². The lowest BCUT2D eigenvalue weighted by atomic mass is 9.75. The second-order valence-electron chi connectivity index (χ2n) is 9.28. The first-order valence-electron chi connectivity index (χ1n) is 11.6. The lowest BCUT2D eigenvalue weighted by molar-refractivity contribution is -0.145. The van der Waals surface area contributed by atoms with Crippen LogP contribution >= 0.6 is 0 Å². The molecule has 3 aliphatic rings. The molecule has 2 amide bonds. The second-order valence-corrected chi connectivity index (χ2v) is 9.28. The number of nitrogens with zero attached hydrogens (tertiary/aromatic N) is 1. The van der Waals surface area contributed by atoms with Gasteiger partial charge in [0, 0.05) is 18.2 Å². The number of nitrogens with one attached hydrogen (secondary N) is 2. The molecule has 3 heterocycles. The van der Waals surface area contributed by atoms with E-state index in [1.807, 2.05) is 44.2 Å². The van der Waals surface area contributed by atoms with E-state index in [2.05, 4.69) is 27.7 Å². The topological polar surface area (TPSA) is 61.4 Å². The highest BCUT2D eigenvalue weighted by molar-refractivity contribution is 5.98. The predicted octanol–water partition coefficient (Wildman–Crippen LogP) is 3.68. The SMILES string of the molecule is Cc1ccc2c(c1C(=O)N[C@H](C)c1ccccc1)[C@@H]1C[C@@H]3NCCC[C@@H]3C(=O)N1CC2. The van der Waals surface area contributed by atoms with E-state index in [4.69, 9.17) is 0 Å². The van der Waals surface area contributed by atoms with Crippen molar-refractivity contribution in [3.63, 3.8) is 0 Å². The number of carbonyl (C=O) groups excluding carboxylic acids is 2. The van der Waals surface area contributed by atoms with Crippen molar-refractivity contribution in [1.29, 1.82) is 0 Å².